The number of rotatable bonds is 4. The monoisotopic (exact) mass is 233 g/mol. The Balaban J connectivity index is 3.08. The van der Waals surface area contributed by atoms with Gasteiger partial charge in [-0.15, -0.1) is 4.91 Å². The van der Waals surface area contributed by atoms with E-state index in [2.05, 4.69) is 45.0 Å². The summed E-state index contributed by atoms with van der Waals surface area (Å²) in [6.07, 6.45) is 0. The molecule has 1 aromatic rings. The van der Waals surface area contributed by atoms with E-state index in [0.717, 1.165) is 5.56 Å². The molecule has 0 fully saturated rings. The summed E-state index contributed by atoms with van der Waals surface area (Å²) in [5.41, 5.74) is 1.78. The molecule has 1 rings (SSSR count). The molecule has 2 nitrogen and oxygen atoms in total. The number of nitrogens with zero attached hydrogens (tertiary/aromatic N) is 1. The SMILES string of the molecule is CC(C)C(C)(C)c1ccc(C(C)(C)N=O)cc1. The van der Waals surface area contributed by atoms with E-state index in [1.165, 1.54) is 5.56 Å². The molecule has 0 bridgehead atoms. The molecule has 0 radical (unpaired) electrons. The fourth-order valence-electron chi connectivity index (χ4n) is 1.69. The second kappa shape index (κ2) is 4.59. The van der Waals surface area contributed by atoms with Crippen LogP contribution in [0, 0.1) is 10.8 Å². The van der Waals surface area contributed by atoms with Gasteiger partial charge in [-0.3, -0.25) is 0 Å². The molecule has 0 saturated carbocycles. The average molecular weight is 233 g/mol. The maximum Gasteiger partial charge on any atom is 0.122 e. The van der Waals surface area contributed by atoms with Gasteiger partial charge >= 0.3 is 0 Å². The van der Waals surface area contributed by atoms with E-state index >= 15 is 0 Å². The van der Waals surface area contributed by atoms with E-state index in [-0.39, 0.29) is 5.41 Å². The lowest BCUT2D eigenvalue weighted by atomic mass is 9.75. The Morgan fingerprint density at radius 3 is 1.71 bits per heavy atom. The maximum absolute atomic E-state index is 10.8. The highest BCUT2D eigenvalue weighted by Gasteiger charge is 2.26. The number of hydrogen-bond donors (Lipinski definition) is 0. The van der Waals surface area contributed by atoms with Gasteiger partial charge in [0.15, 0.2) is 0 Å². The van der Waals surface area contributed by atoms with Gasteiger partial charge in [-0.2, -0.15) is 0 Å². The van der Waals surface area contributed by atoms with Crippen LogP contribution in [0.5, 0.6) is 0 Å². The minimum Gasteiger partial charge on any atom is -0.150 e. The molecule has 0 atom stereocenters. The highest BCUT2D eigenvalue weighted by atomic mass is 16.3. The van der Waals surface area contributed by atoms with Gasteiger partial charge in [-0.05, 0) is 36.3 Å². The molecule has 0 aromatic heterocycles. The smallest absolute Gasteiger partial charge is 0.122 e. The molecular weight excluding hydrogens is 210 g/mol. The predicted octanol–water partition coefficient (Wildman–Crippen LogP) is 4.62. The summed E-state index contributed by atoms with van der Waals surface area (Å²) < 4.78 is 0. The molecule has 0 aliphatic rings. The highest BCUT2D eigenvalue weighted by Crippen LogP contribution is 2.33. The third-order valence-electron chi connectivity index (χ3n) is 4.01. The Morgan fingerprint density at radius 1 is 0.941 bits per heavy atom. The van der Waals surface area contributed by atoms with Crippen molar-refractivity contribution in [2.75, 3.05) is 0 Å². The fraction of sp³-hybridized carbons (Fsp3) is 0.600. The molecule has 0 N–H and O–H groups in total. The van der Waals surface area contributed by atoms with E-state index in [0.29, 0.717) is 5.92 Å². The molecule has 0 unspecified atom stereocenters. The van der Waals surface area contributed by atoms with Gasteiger partial charge in [0.05, 0.1) is 0 Å². The van der Waals surface area contributed by atoms with E-state index < -0.39 is 5.54 Å². The van der Waals surface area contributed by atoms with Gasteiger partial charge < -0.3 is 0 Å². The summed E-state index contributed by atoms with van der Waals surface area (Å²) in [6.45, 7) is 12.6. The van der Waals surface area contributed by atoms with Crippen LogP contribution in [0.25, 0.3) is 0 Å². The van der Waals surface area contributed by atoms with Gasteiger partial charge in [0.1, 0.15) is 5.54 Å². The number of benzene rings is 1. The molecule has 0 amide bonds. The third-order valence-corrected chi connectivity index (χ3v) is 4.01. The van der Waals surface area contributed by atoms with Crippen LogP contribution in [0.4, 0.5) is 0 Å². The Kier molecular flexibility index (Phi) is 3.75. The Labute approximate surface area is 104 Å². The van der Waals surface area contributed by atoms with Gasteiger partial charge in [-0.1, -0.05) is 57.1 Å². The highest BCUT2D eigenvalue weighted by molar-refractivity contribution is 5.31. The molecule has 0 aliphatic carbocycles. The van der Waals surface area contributed by atoms with E-state index in [1.54, 1.807) is 0 Å². The van der Waals surface area contributed by atoms with Crippen LogP contribution in [0.2, 0.25) is 0 Å². The van der Waals surface area contributed by atoms with Crippen molar-refractivity contribution in [2.24, 2.45) is 11.1 Å². The van der Waals surface area contributed by atoms with Gasteiger partial charge in [-0.25, -0.2) is 0 Å². The van der Waals surface area contributed by atoms with Crippen LogP contribution in [0.15, 0.2) is 29.4 Å². The first-order valence-electron chi connectivity index (χ1n) is 6.17. The maximum atomic E-state index is 10.8. The van der Waals surface area contributed by atoms with Crippen molar-refractivity contribution in [1.82, 2.24) is 0 Å². The molecule has 0 heterocycles. The zero-order chi connectivity index (χ0) is 13.3. The standard InChI is InChI=1S/C15H23NO/c1-11(2)14(3,4)12-7-9-13(10-8-12)15(5,6)16-17/h7-11H,1-6H3. The zero-order valence-electron chi connectivity index (χ0n) is 11.7. The summed E-state index contributed by atoms with van der Waals surface area (Å²) in [5.74, 6) is 0.575. The molecule has 0 aliphatic heterocycles. The van der Waals surface area contributed by atoms with Gasteiger partial charge in [0.2, 0.25) is 0 Å². The van der Waals surface area contributed by atoms with E-state index in [9.17, 15) is 4.91 Å². The molecule has 0 saturated heterocycles. The first-order chi connectivity index (χ1) is 7.71. The Hall–Kier alpha value is -1.18. The summed E-state index contributed by atoms with van der Waals surface area (Å²) >= 11 is 0. The topological polar surface area (TPSA) is 29.4 Å². The number of nitroso groups, excluding NO2 is 1. The van der Waals surface area contributed by atoms with Crippen molar-refractivity contribution in [2.45, 2.75) is 52.5 Å². The number of hydrogen-bond acceptors (Lipinski definition) is 2. The summed E-state index contributed by atoms with van der Waals surface area (Å²) in [6, 6.07) is 8.26. The van der Waals surface area contributed by atoms with Crippen molar-refractivity contribution >= 4 is 0 Å². The van der Waals surface area contributed by atoms with E-state index in [4.69, 9.17) is 0 Å². The first kappa shape index (κ1) is 13.9. The van der Waals surface area contributed by atoms with Crippen molar-refractivity contribution in [3.05, 3.63) is 40.3 Å². The van der Waals surface area contributed by atoms with Crippen molar-refractivity contribution in [3.8, 4) is 0 Å². The Morgan fingerprint density at radius 2 is 1.35 bits per heavy atom. The third kappa shape index (κ3) is 2.74. The average Bonchev–Trinajstić information content (AvgIpc) is 2.29. The summed E-state index contributed by atoms with van der Waals surface area (Å²) in [5, 5.41) is 3.17. The quantitative estimate of drug-likeness (QED) is 0.698. The van der Waals surface area contributed by atoms with Gasteiger partial charge in [0.25, 0.3) is 0 Å². The second-order valence-corrected chi connectivity index (χ2v) is 6.10. The van der Waals surface area contributed by atoms with Gasteiger partial charge in [0, 0.05) is 0 Å². The van der Waals surface area contributed by atoms with Crippen molar-refractivity contribution < 1.29 is 0 Å². The zero-order valence-corrected chi connectivity index (χ0v) is 11.7. The lowest BCUT2D eigenvalue weighted by Crippen LogP contribution is -2.24. The summed E-state index contributed by atoms with van der Waals surface area (Å²) in [4.78, 5) is 10.8. The molecule has 94 valence electrons. The van der Waals surface area contributed by atoms with E-state index in [1.807, 2.05) is 26.0 Å². The lowest BCUT2D eigenvalue weighted by Gasteiger charge is -2.30. The minimum atomic E-state index is -0.638. The Bertz CT molecular complexity index is 388. The summed E-state index contributed by atoms with van der Waals surface area (Å²) in [7, 11) is 0. The predicted molar refractivity (Wildman–Crippen MR) is 73.1 cm³/mol. The molecule has 2 heteroatoms. The normalized spacial score (nSPS) is 12.9. The lowest BCUT2D eigenvalue weighted by molar-refractivity contribution is 0.372. The molecular formula is C15H23NO. The van der Waals surface area contributed by atoms with Crippen molar-refractivity contribution in [3.63, 3.8) is 0 Å². The molecule has 17 heavy (non-hydrogen) atoms. The first-order valence-corrected chi connectivity index (χ1v) is 6.17. The molecule has 0 spiro atoms. The van der Waals surface area contributed by atoms with Crippen LogP contribution in [-0.4, -0.2) is 0 Å². The van der Waals surface area contributed by atoms with Crippen LogP contribution >= 0.6 is 0 Å². The van der Waals surface area contributed by atoms with Crippen molar-refractivity contribution in [1.29, 1.82) is 0 Å². The molecule has 1 aromatic carbocycles. The van der Waals surface area contributed by atoms with Crippen LogP contribution in [0.3, 0.4) is 0 Å². The largest absolute Gasteiger partial charge is 0.150 e. The van der Waals surface area contributed by atoms with Crippen LogP contribution in [-0.2, 0) is 11.0 Å². The van der Waals surface area contributed by atoms with Crippen LogP contribution < -0.4 is 0 Å². The fourth-order valence-corrected chi connectivity index (χ4v) is 1.69. The minimum absolute atomic E-state index is 0.150. The van der Waals surface area contributed by atoms with Crippen LogP contribution in [0.1, 0.15) is 52.7 Å². The second-order valence-electron chi connectivity index (χ2n) is 6.10.